The number of anilines is 1. The lowest BCUT2D eigenvalue weighted by molar-refractivity contribution is -0.141. The van der Waals surface area contributed by atoms with Crippen molar-refractivity contribution in [1.29, 1.82) is 0 Å². The molecule has 0 unspecified atom stereocenters. The molecule has 1 atom stereocenters. The predicted molar refractivity (Wildman–Crippen MR) is 120 cm³/mol. The normalized spacial score (nSPS) is 13.3. The molecule has 12 heteroatoms. The zero-order valence-corrected chi connectivity index (χ0v) is 19.0. The van der Waals surface area contributed by atoms with Crippen molar-refractivity contribution < 1.29 is 27.4 Å². The van der Waals surface area contributed by atoms with E-state index in [0.717, 1.165) is 6.07 Å². The van der Waals surface area contributed by atoms with Gasteiger partial charge in [0.2, 0.25) is 5.95 Å². The second-order valence-corrected chi connectivity index (χ2v) is 6.72. The number of ether oxygens (including phenoxy) is 3. The first-order chi connectivity index (χ1) is 15.6. The van der Waals surface area contributed by atoms with Crippen molar-refractivity contribution in [3.63, 3.8) is 0 Å². The molecule has 0 spiro atoms. The van der Waals surface area contributed by atoms with Crippen LogP contribution >= 0.6 is 0 Å². The summed E-state index contributed by atoms with van der Waals surface area (Å²) in [4.78, 5) is 15.8. The van der Waals surface area contributed by atoms with E-state index in [4.69, 9.17) is 19.9 Å². The highest BCUT2D eigenvalue weighted by atomic mass is 19.4. The van der Waals surface area contributed by atoms with Crippen molar-refractivity contribution >= 4 is 23.7 Å². The molecule has 0 fully saturated rings. The lowest BCUT2D eigenvalue weighted by Gasteiger charge is -2.20. The molecule has 0 aliphatic carbocycles. The average Bonchev–Trinajstić information content (AvgIpc) is 2.77. The number of aromatic nitrogens is 2. The van der Waals surface area contributed by atoms with Crippen molar-refractivity contribution in [3.8, 4) is 11.5 Å². The standard InChI is InChI=1S/C21H27F3N6O3/c1-6-27-15-10-16(32-5)17(33-8-7-31-4)9-13(15)19(26-3)28-12(2)14-11-18(21(22,23)24)30-20(25)29-14/h6,9-12H,7-8H2,1-5H3,(H,26,28)(H2,25,29,30)/t12-/m1/s1. The summed E-state index contributed by atoms with van der Waals surface area (Å²) >= 11 is 0. The fraction of sp³-hybridized carbons (Fsp3) is 0.429. The molecule has 0 bridgehead atoms. The third-order valence-corrected chi connectivity index (χ3v) is 4.42. The van der Waals surface area contributed by atoms with Crippen LogP contribution < -0.4 is 20.5 Å². The minimum atomic E-state index is -4.65. The molecule has 0 amide bonds. The highest BCUT2D eigenvalue weighted by Gasteiger charge is 2.34. The van der Waals surface area contributed by atoms with E-state index in [1.165, 1.54) is 7.11 Å². The number of halogens is 3. The number of nitrogen functional groups attached to an aromatic ring is 1. The Morgan fingerprint density at radius 1 is 1.18 bits per heavy atom. The third-order valence-electron chi connectivity index (χ3n) is 4.42. The maximum Gasteiger partial charge on any atom is 0.433 e. The largest absolute Gasteiger partial charge is 0.493 e. The van der Waals surface area contributed by atoms with Crippen LogP contribution in [-0.2, 0) is 10.9 Å². The number of aliphatic imine (C=N–C) groups is 2. The van der Waals surface area contributed by atoms with Crippen LogP contribution in [0.25, 0.3) is 0 Å². The van der Waals surface area contributed by atoms with E-state index < -0.39 is 23.9 Å². The van der Waals surface area contributed by atoms with Crippen LogP contribution in [0.3, 0.4) is 0 Å². The lowest BCUT2D eigenvalue weighted by atomic mass is 10.1. The van der Waals surface area contributed by atoms with Gasteiger partial charge < -0.3 is 25.3 Å². The second-order valence-electron chi connectivity index (χ2n) is 6.72. The van der Waals surface area contributed by atoms with E-state index in [1.54, 1.807) is 46.4 Å². The van der Waals surface area contributed by atoms with Gasteiger partial charge in [-0.2, -0.15) is 13.2 Å². The summed E-state index contributed by atoms with van der Waals surface area (Å²) in [6.07, 6.45) is -3.05. The Hall–Kier alpha value is -3.41. The monoisotopic (exact) mass is 468 g/mol. The van der Waals surface area contributed by atoms with E-state index in [1.807, 2.05) is 0 Å². The molecule has 0 radical (unpaired) electrons. The van der Waals surface area contributed by atoms with Crippen LogP contribution in [-0.4, -0.2) is 56.5 Å². The average molecular weight is 468 g/mol. The number of nitrogens with two attached hydrogens (primary N) is 1. The molecule has 1 heterocycles. The van der Waals surface area contributed by atoms with Gasteiger partial charge in [0.1, 0.15) is 18.1 Å². The van der Waals surface area contributed by atoms with Gasteiger partial charge in [-0.25, -0.2) is 9.97 Å². The van der Waals surface area contributed by atoms with Gasteiger partial charge in [0.25, 0.3) is 0 Å². The highest BCUT2D eigenvalue weighted by molar-refractivity contribution is 6.04. The number of amidine groups is 1. The Balaban J connectivity index is 2.45. The number of alkyl halides is 3. The molecule has 1 aromatic heterocycles. The Kier molecular flexibility index (Phi) is 8.97. The van der Waals surface area contributed by atoms with E-state index in [0.29, 0.717) is 35.2 Å². The minimum absolute atomic E-state index is 0.0570. The second kappa shape index (κ2) is 11.5. The summed E-state index contributed by atoms with van der Waals surface area (Å²) in [6.45, 7) is 4.04. The van der Waals surface area contributed by atoms with Crippen LogP contribution in [0.15, 0.2) is 28.2 Å². The number of methoxy groups -OCH3 is 2. The van der Waals surface area contributed by atoms with Gasteiger partial charge in [-0.05, 0) is 26.0 Å². The Labute approximate surface area is 189 Å². The van der Waals surface area contributed by atoms with Gasteiger partial charge in [-0.3, -0.25) is 9.98 Å². The first-order valence-electron chi connectivity index (χ1n) is 9.92. The van der Waals surface area contributed by atoms with Crippen LogP contribution in [0, 0.1) is 0 Å². The van der Waals surface area contributed by atoms with Gasteiger partial charge in [-0.15, -0.1) is 0 Å². The Morgan fingerprint density at radius 2 is 1.91 bits per heavy atom. The van der Waals surface area contributed by atoms with Crippen LogP contribution in [0.1, 0.15) is 36.8 Å². The number of rotatable bonds is 9. The highest BCUT2D eigenvalue weighted by Crippen LogP contribution is 2.36. The molecule has 0 aliphatic heterocycles. The molecule has 33 heavy (non-hydrogen) atoms. The first-order valence-corrected chi connectivity index (χ1v) is 9.92. The SMILES string of the molecule is CC=Nc1cc(OC)c(OCCOC)cc1C(=NC)N[C@H](C)c1cc(C(F)(F)F)nc(N)n1. The predicted octanol–water partition coefficient (Wildman–Crippen LogP) is 3.56. The topological polar surface area (TPSA) is 116 Å². The molecule has 0 saturated heterocycles. The maximum absolute atomic E-state index is 13.1. The van der Waals surface area contributed by atoms with Gasteiger partial charge in [0.05, 0.1) is 31.1 Å². The van der Waals surface area contributed by atoms with E-state index in [-0.39, 0.29) is 12.3 Å². The summed E-state index contributed by atoms with van der Waals surface area (Å²) in [5.41, 5.74) is 5.51. The molecule has 9 nitrogen and oxygen atoms in total. The van der Waals surface area contributed by atoms with Crippen molar-refractivity contribution in [2.24, 2.45) is 9.98 Å². The quantitative estimate of drug-likeness (QED) is 0.328. The molecule has 0 saturated carbocycles. The Bertz CT molecular complexity index is 1010. The summed E-state index contributed by atoms with van der Waals surface area (Å²) in [7, 11) is 4.60. The van der Waals surface area contributed by atoms with E-state index >= 15 is 0 Å². The molecule has 3 N–H and O–H groups in total. The van der Waals surface area contributed by atoms with Gasteiger partial charge in [0.15, 0.2) is 11.5 Å². The smallest absolute Gasteiger partial charge is 0.433 e. The molecular weight excluding hydrogens is 441 g/mol. The van der Waals surface area contributed by atoms with Crippen LogP contribution in [0.5, 0.6) is 11.5 Å². The van der Waals surface area contributed by atoms with E-state index in [9.17, 15) is 13.2 Å². The van der Waals surface area contributed by atoms with Gasteiger partial charge in [0, 0.05) is 32.0 Å². The lowest BCUT2D eigenvalue weighted by Crippen LogP contribution is -2.29. The van der Waals surface area contributed by atoms with Crippen molar-refractivity contribution in [2.75, 3.05) is 40.2 Å². The maximum atomic E-state index is 13.1. The molecule has 0 aliphatic rings. The number of benzene rings is 1. The number of hydrogen-bond donors (Lipinski definition) is 2. The van der Waals surface area contributed by atoms with Crippen molar-refractivity contribution in [3.05, 3.63) is 35.2 Å². The number of hydrogen-bond acceptors (Lipinski definition) is 8. The van der Waals surface area contributed by atoms with Crippen molar-refractivity contribution in [1.82, 2.24) is 15.3 Å². The van der Waals surface area contributed by atoms with Gasteiger partial charge >= 0.3 is 6.18 Å². The number of nitrogens with zero attached hydrogens (tertiary/aromatic N) is 4. The van der Waals surface area contributed by atoms with Crippen LogP contribution in [0.2, 0.25) is 0 Å². The molecular formula is C21H27F3N6O3. The van der Waals surface area contributed by atoms with Gasteiger partial charge in [-0.1, -0.05) is 0 Å². The zero-order chi connectivity index (χ0) is 24.6. The van der Waals surface area contributed by atoms with Crippen LogP contribution in [0.4, 0.5) is 24.8 Å². The van der Waals surface area contributed by atoms with E-state index in [2.05, 4.69) is 25.3 Å². The fourth-order valence-electron chi connectivity index (χ4n) is 2.89. The summed E-state index contributed by atoms with van der Waals surface area (Å²) in [6, 6.07) is 3.53. The fourth-order valence-corrected chi connectivity index (χ4v) is 2.89. The molecule has 180 valence electrons. The Morgan fingerprint density at radius 3 is 2.48 bits per heavy atom. The zero-order valence-electron chi connectivity index (χ0n) is 19.0. The minimum Gasteiger partial charge on any atom is -0.493 e. The molecule has 2 aromatic rings. The summed E-state index contributed by atoms with van der Waals surface area (Å²) in [5, 5.41) is 3.08. The first kappa shape index (κ1) is 25.8. The molecule has 2 rings (SSSR count). The summed E-state index contributed by atoms with van der Waals surface area (Å²) < 4.78 is 55.6. The number of nitrogens with one attached hydrogen (secondary N) is 1. The summed E-state index contributed by atoms with van der Waals surface area (Å²) in [5.74, 6) is 0.768. The third kappa shape index (κ3) is 6.78. The van der Waals surface area contributed by atoms with Crippen molar-refractivity contribution in [2.45, 2.75) is 26.1 Å². The molecule has 1 aromatic carbocycles.